The maximum Gasteiger partial charge on any atom is 0.337 e. The zero-order valence-electron chi connectivity index (χ0n) is 8.68. The number of thiazole rings is 1. The largest absolute Gasteiger partial charge is 0.478 e. The van der Waals surface area contributed by atoms with E-state index in [4.69, 9.17) is 16.7 Å². The van der Waals surface area contributed by atoms with Crippen LogP contribution in [0.25, 0.3) is 0 Å². The van der Waals surface area contributed by atoms with Crippen molar-refractivity contribution in [2.45, 2.75) is 6.54 Å². The Kier molecular flexibility index (Phi) is 3.61. The zero-order valence-corrected chi connectivity index (χ0v) is 10.3. The molecule has 2 N–H and O–H groups in total. The Morgan fingerprint density at radius 3 is 3.00 bits per heavy atom. The molecule has 1 heterocycles. The number of carboxylic acids is 1. The van der Waals surface area contributed by atoms with Crippen molar-refractivity contribution in [1.29, 1.82) is 0 Å². The van der Waals surface area contributed by atoms with E-state index in [1.807, 2.05) is 0 Å². The van der Waals surface area contributed by atoms with Gasteiger partial charge in [0.1, 0.15) is 0 Å². The van der Waals surface area contributed by atoms with Gasteiger partial charge in [-0.2, -0.15) is 0 Å². The van der Waals surface area contributed by atoms with Gasteiger partial charge in [-0.25, -0.2) is 4.79 Å². The van der Waals surface area contributed by atoms with Crippen LogP contribution < -0.4 is 5.32 Å². The molecule has 1 aromatic heterocycles. The lowest BCUT2D eigenvalue weighted by Gasteiger charge is -2.08. The fourth-order valence-corrected chi connectivity index (χ4v) is 2.07. The van der Waals surface area contributed by atoms with Crippen LogP contribution in [0.5, 0.6) is 0 Å². The van der Waals surface area contributed by atoms with Gasteiger partial charge in [0.25, 0.3) is 0 Å². The maximum atomic E-state index is 11.0. The molecule has 0 fully saturated rings. The van der Waals surface area contributed by atoms with Gasteiger partial charge in [0.05, 0.1) is 23.3 Å². The molecule has 0 aliphatic carbocycles. The predicted molar refractivity (Wildman–Crippen MR) is 67.9 cm³/mol. The van der Waals surface area contributed by atoms with Crippen LogP contribution in [-0.4, -0.2) is 16.1 Å². The van der Waals surface area contributed by atoms with Crippen LogP contribution in [0, 0.1) is 0 Å². The van der Waals surface area contributed by atoms with Crippen LogP contribution in [0.15, 0.2) is 29.9 Å². The molecule has 0 atom stereocenters. The van der Waals surface area contributed by atoms with Crippen molar-refractivity contribution in [3.8, 4) is 0 Å². The van der Waals surface area contributed by atoms with Crippen LogP contribution in [0.3, 0.4) is 0 Å². The summed E-state index contributed by atoms with van der Waals surface area (Å²) in [6.45, 7) is 0.533. The molecule has 17 heavy (non-hydrogen) atoms. The molecule has 0 unspecified atom stereocenters. The molecule has 4 nitrogen and oxygen atoms in total. The molecule has 0 saturated heterocycles. The summed E-state index contributed by atoms with van der Waals surface area (Å²) in [6, 6.07) is 4.65. The quantitative estimate of drug-likeness (QED) is 0.894. The lowest BCUT2D eigenvalue weighted by molar-refractivity contribution is 0.0698. The van der Waals surface area contributed by atoms with Gasteiger partial charge >= 0.3 is 5.97 Å². The summed E-state index contributed by atoms with van der Waals surface area (Å²) in [7, 11) is 0. The van der Waals surface area contributed by atoms with Gasteiger partial charge in [-0.15, -0.1) is 11.3 Å². The van der Waals surface area contributed by atoms with E-state index in [-0.39, 0.29) is 5.56 Å². The van der Waals surface area contributed by atoms with E-state index in [2.05, 4.69) is 10.3 Å². The number of aromatic carboxylic acids is 1. The van der Waals surface area contributed by atoms with Crippen LogP contribution in [0.1, 0.15) is 15.2 Å². The zero-order chi connectivity index (χ0) is 12.3. The number of nitrogens with one attached hydrogen (secondary N) is 1. The van der Waals surface area contributed by atoms with Crippen molar-refractivity contribution < 1.29 is 9.90 Å². The summed E-state index contributed by atoms with van der Waals surface area (Å²) in [5.41, 5.74) is 2.45. The summed E-state index contributed by atoms with van der Waals surface area (Å²) in [6.07, 6.45) is 1.74. The molecule has 0 saturated carbocycles. The van der Waals surface area contributed by atoms with Gasteiger partial charge in [0.2, 0.25) is 0 Å². The van der Waals surface area contributed by atoms with Gasteiger partial charge in [-0.3, -0.25) is 4.98 Å². The smallest absolute Gasteiger partial charge is 0.337 e. The third-order valence-corrected chi connectivity index (χ3v) is 3.16. The van der Waals surface area contributed by atoms with Crippen molar-refractivity contribution >= 4 is 34.6 Å². The fraction of sp³-hybridized carbons (Fsp3) is 0.0909. The van der Waals surface area contributed by atoms with Crippen molar-refractivity contribution in [2.24, 2.45) is 0 Å². The number of halogens is 1. The SMILES string of the molecule is O=C(O)c1ccc(Cl)cc1NCc1cncs1. The number of anilines is 1. The topological polar surface area (TPSA) is 62.2 Å². The average Bonchev–Trinajstić information content (AvgIpc) is 2.78. The van der Waals surface area contributed by atoms with E-state index >= 15 is 0 Å². The standard InChI is InChI=1S/C11H9ClN2O2S/c12-7-1-2-9(11(15)16)10(3-7)14-5-8-4-13-6-17-8/h1-4,6,14H,5H2,(H,15,16). The van der Waals surface area contributed by atoms with Gasteiger partial charge in [0, 0.05) is 16.1 Å². The van der Waals surface area contributed by atoms with Crippen molar-refractivity contribution in [3.05, 3.63) is 45.4 Å². The van der Waals surface area contributed by atoms with Crippen LogP contribution in [0.2, 0.25) is 5.02 Å². The molecule has 0 aliphatic rings. The van der Waals surface area contributed by atoms with Gasteiger partial charge in [-0.05, 0) is 18.2 Å². The molecular weight excluding hydrogens is 260 g/mol. The highest BCUT2D eigenvalue weighted by molar-refractivity contribution is 7.09. The summed E-state index contributed by atoms with van der Waals surface area (Å²) >= 11 is 7.35. The van der Waals surface area contributed by atoms with E-state index in [9.17, 15) is 4.79 Å². The number of carboxylic acid groups (broad SMARTS) is 1. The third-order valence-electron chi connectivity index (χ3n) is 2.15. The Labute approximate surface area is 107 Å². The second kappa shape index (κ2) is 5.16. The van der Waals surface area contributed by atoms with E-state index in [0.29, 0.717) is 17.3 Å². The third kappa shape index (κ3) is 2.95. The van der Waals surface area contributed by atoms with E-state index in [1.165, 1.54) is 17.4 Å². The number of hydrogen-bond acceptors (Lipinski definition) is 4. The minimum Gasteiger partial charge on any atom is -0.478 e. The number of benzene rings is 1. The first-order chi connectivity index (χ1) is 8.16. The number of aromatic nitrogens is 1. The highest BCUT2D eigenvalue weighted by atomic mass is 35.5. The molecule has 1 aromatic carbocycles. The minimum atomic E-state index is -0.978. The fourth-order valence-electron chi connectivity index (χ4n) is 1.36. The second-order valence-corrected chi connectivity index (χ2v) is 4.72. The lowest BCUT2D eigenvalue weighted by Crippen LogP contribution is -2.05. The van der Waals surface area contributed by atoms with Crippen molar-refractivity contribution in [2.75, 3.05) is 5.32 Å². The summed E-state index contributed by atoms with van der Waals surface area (Å²) < 4.78 is 0. The Morgan fingerprint density at radius 2 is 2.35 bits per heavy atom. The van der Waals surface area contributed by atoms with E-state index in [1.54, 1.807) is 23.8 Å². The van der Waals surface area contributed by atoms with Crippen LogP contribution >= 0.6 is 22.9 Å². The van der Waals surface area contributed by atoms with Gasteiger partial charge in [0.15, 0.2) is 0 Å². The second-order valence-electron chi connectivity index (χ2n) is 3.32. The van der Waals surface area contributed by atoms with Gasteiger partial charge in [-0.1, -0.05) is 11.6 Å². The van der Waals surface area contributed by atoms with E-state index in [0.717, 1.165) is 4.88 Å². The Balaban J connectivity index is 2.19. The summed E-state index contributed by atoms with van der Waals surface area (Å²) in [5, 5.41) is 12.6. The first-order valence-electron chi connectivity index (χ1n) is 4.81. The Morgan fingerprint density at radius 1 is 1.53 bits per heavy atom. The number of nitrogens with zero attached hydrogens (tertiary/aromatic N) is 1. The summed E-state index contributed by atoms with van der Waals surface area (Å²) in [4.78, 5) is 16.0. The van der Waals surface area contributed by atoms with Crippen molar-refractivity contribution in [3.63, 3.8) is 0 Å². The molecule has 0 amide bonds. The molecule has 0 radical (unpaired) electrons. The van der Waals surface area contributed by atoms with Crippen molar-refractivity contribution in [1.82, 2.24) is 4.98 Å². The Bertz CT molecular complexity index is 528. The Hall–Kier alpha value is -1.59. The highest BCUT2D eigenvalue weighted by Gasteiger charge is 2.10. The normalized spacial score (nSPS) is 10.2. The van der Waals surface area contributed by atoms with Crippen LogP contribution in [0.4, 0.5) is 5.69 Å². The number of rotatable bonds is 4. The number of carbonyl (C=O) groups is 1. The van der Waals surface area contributed by atoms with Crippen LogP contribution in [-0.2, 0) is 6.54 Å². The monoisotopic (exact) mass is 268 g/mol. The molecule has 2 aromatic rings. The molecule has 0 spiro atoms. The molecule has 2 rings (SSSR count). The average molecular weight is 269 g/mol. The lowest BCUT2D eigenvalue weighted by atomic mass is 10.2. The molecule has 0 bridgehead atoms. The molecular formula is C11H9ClN2O2S. The highest BCUT2D eigenvalue weighted by Crippen LogP contribution is 2.22. The van der Waals surface area contributed by atoms with Gasteiger partial charge < -0.3 is 10.4 Å². The maximum absolute atomic E-state index is 11.0. The minimum absolute atomic E-state index is 0.207. The molecule has 88 valence electrons. The number of hydrogen-bond donors (Lipinski definition) is 2. The van der Waals surface area contributed by atoms with E-state index < -0.39 is 5.97 Å². The molecule has 6 heteroatoms. The summed E-state index contributed by atoms with van der Waals surface area (Å²) in [5.74, 6) is -0.978. The first-order valence-corrected chi connectivity index (χ1v) is 6.06. The predicted octanol–water partition coefficient (Wildman–Crippen LogP) is 3.11. The molecule has 0 aliphatic heterocycles. The first kappa shape index (κ1) is 11.9.